The number of ether oxygens (including phenoxy) is 1. The number of nitrogens with zero attached hydrogens (tertiary/aromatic N) is 3. The molecule has 0 fully saturated rings. The summed E-state index contributed by atoms with van der Waals surface area (Å²) in [6.07, 6.45) is 1.85. The molecule has 5 heteroatoms. The van der Waals surface area contributed by atoms with E-state index in [9.17, 15) is 0 Å². The fourth-order valence-corrected chi connectivity index (χ4v) is 3.59. The Hall–Kier alpha value is -2.66. The summed E-state index contributed by atoms with van der Waals surface area (Å²) in [5.41, 5.74) is 7.07. The van der Waals surface area contributed by atoms with Gasteiger partial charge in [0.15, 0.2) is 0 Å². The van der Waals surface area contributed by atoms with Crippen LogP contribution >= 0.6 is 11.3 Å². The first-order chi connectivity index (χ1) is 12.5. The van der Waals surface area contributed by atoms with Gasteiger partial charge in [-0.25, -0.2) is 4.68 Å². The number of hydrogen-bond acceptors (Lipinski definition) is 4. The Morgan fingerprint density at radius 3 is 2.35 bits per heavy atom. The van der Waals surface area contributed by atoms with E-state index in [0.717, 1.165) is 21.8 Å². The minimum absolute atomic E-state index is 0.834. The van der Waals surface area contributed by atoms with Crippen LogP contribution in [0.15, 0.2) is 51.9 Å². The van der Waals surface area contributed by atoms with Gasteiger partial charge in [0, 0.05) is 18.0 Å². The molecule has 0 unspecified atom stereocenters. The molecule has 0 spiro atoms. The first-order valence-electron chi connectivity index (χ1n) is 8.43. The van der Waals surface area contributed by atoms with Crippen LogP contribution in [0.1, 0.15) is 22.3 Å². The second kappa shape index (κ2) is 7.70. The quantitative estimate of drug-likeness (QED) is 0.625. The summed E-state index contributed by atoms with van der Waals surface area (Å²) in [5, 5.41) is 6.82. The van der Waals surface area contributed by atoms with E-state index >= 15 is 0 Å². The van der Waals surface area contributed by atoms with Gasteiger partial charge >= 0.3 is 0 Å². The minimum atomic E-state index is 0.834. The summed E-state index contributed by atoms with van der Waals surface area (Å²) in [4.78, 5) is 5.24. The van der Waals surface area contributed by atoms with E-state index in [-0.39, 0.29) is 0 Å². The number of aryl methyl sites for hydroxylation is 3. The highest BCUT2D eigenvalue weighted by atomic mass is 32.1. The third-order valence-corrected chi connectivity index (χ3v) is 5.34. The van der Waals surface area contributed by atoms with E-state index < -0.39 is 0 Å². The maximum absolute atomic E-state index is 5.20. The van der Waals surface area contributed by atoms with Gasteiger partial charge < -0.3 is 4.74 Å². The van der Waals surface area contributed by atoms with Crippen molar-refractivity contribution in [3.05, 3.63) is 68.8 Å². The molecule has 0 aliphatic heterocycles. The Labute approximate surface area is 158 Å². The van der Waals surface area contributed by atoms with Crippen molar-refractivity contribution >= 4 is 17.6 Å². The average molecular weight is 366 g/mol. The number of rotatable bonds is 4. The van der Waals surface area contributed by atoms with E-state index in [2.05, 4.69) is 43.3 Å². The molecule has 0 N–H and O–H groups in total. The molecule has 0 aliphatic rings. The van der Waals surface area contributed by atoms with Crippen molar-refractivity contribution < 1.29 is 4.74 Å². The summed E-state index contributed by atoms with van der Waals surface area (Å²) in [5.74, 6) is 0.834. The summed E-state index contributed by atoms with van der Waals surface area (Å²) in [6, 6.07) is 12.3. The van der Waals surface area contributed by atoms with Crippen LogP contribution < -0.4 is 9.54 Å². The predicted octanol–water partition coefficient (Wildman–Crippen LogP) is 4.56. The summed E-state index contributed by atoms with van der Waals surface area (Å²) in [7, 11) is 3.46. The summed E-state index contributed by atoms with van der Waals surface area (Å²) in [6.45, 7) is 6.42. The number of benzene rings is 2. The SMILES string of the molecule is CN=c1scc(-c2cc(C)c(C)cc2C)n1N=Cc1ccc(OC)cc1. The molecule has 2 aromatic carbocycles. The minimum Gasteiger partial charge on any atom is -0.497 e. The van der Waals surface area contributed by atoms with Crippen LogP contribution in [0.25, 0.3) is 11.3 Å². The van der Waals surface area contributed by atoms with Gasteiger partial charge in [0.25, 0.3) is 0 Å². The molecule has 0 radical (unpaired) electrons. The fraction of sp³-hybridized carbons (Fsp3) is 0.238. The molecule has 0 aliphatic carbocycles. The van der Waals surface area contributed by atoms with Crippen LogP contribution in [0.4, 0.5) is 0 Å². The molecule has 1 aromatic heterocycles. The average Bonchev–Trinajstić information content (AvgIpc) is 3.06. The lowest BCUT2D eigenvalue weighted by molar-refractivity contribution is 0.415. The van der Waals surface area contributed by atoms with Crippen molar-refractivity contribution in [2.45, 2.75) is 20.8 Å². The number of methoxy groups -OCH3 is 1. The lowest BCUT2D eigenvalue weighted by atomic mass is 9.99. The van der Waals surface area contributed by atoms with Crippen LogP contribution in [0.2, 0.25) is 0 Å². The van der Waals surface area contributed by atoms with Gasteiger partial charge in [0.05, 0.1) is 19.0 Å². The van der Waals surface area contributed by atoms with E-state index in [4.69, 9.17) is 9.84 Å². The Morgan fingerprint density at radius 2 is 1.69 bits per heavy atom. The molecule has 0 bridgehead atoms. The van der Waals surface area contributed by atoms with Crippen LogP contribution in [0.3, 0.4) is 0 Å². The predicted molar refractivity (Wildman–Crippen MR) is 109 cm³/mol. The largest absolute Gasteiger partial charge is 0.497 e. The van der Waals surface area contributed by atoms with Crippen molar-refractivity contribution in [3.63, 3.8) is 0 Å². The zero-order valence-corrected chi connectivity index (χ0v) is 16.6. The van der Waals surface area contributed by atoms with Crippen LogP contribution in [0, 0.1) is 20.8 Å². The first kappa shape index (κ1) is 18.1. The van der Waals surface area contributed by atoms with Crippen molar-refractivity contribution in [2.75, 3.05) is 14.2 Å². The third kappa shape index (κ3) is 3.63. The molecule has 4 nitrogen and oxygen atoms in total. The highest BCUT2D eigenvalue weighted by molar-refractivity contribution is 7.07. The Kier molecular flexibility index (Phi) is 5.38. The van der Waals surface area contributed by atoms with E-state index in [0.29, 0.717) is 0 Å². The number of hydrogen-bond donors (Lipinski definition) is 0. The van der Waals surface area contributed by atoms with Gasteiger partial charge in [-0.2, -0.15) is 5.10 Å². The molecule has 3 aromatic rings. The molecule has 134 valence electrons. The summed E-state index contributed by atoms with van der Waals surface area (Å²) >= 11 is 1.59. The van der Waals surface area contributed by atoms with E-state index in [1.54, 1.807) is 25.5 Å². The number of aromatic nitrogens is 1. The van der Waals surface area contributed by atoms with Gasteiger partial charge in [0.1, 0.15) is 5.75 Å². The first-order valence-corrected chi connectivity index (χ1v) is 9.31. The molecule has 3 rings (SSSR count). The second-order valence-corrected chi connectivity index (χ2v) is 7.04. The normalized spacial score (nSPS) is 12.1. The van der Waals surface area contributed by atoms with Crippen LogP contribution in [-0.2, 0) is 0 Å². The van der Waals surface area contributed by atoms with E-state index in [1.807, 2.05) is 35.2 Å². The molecular formula is C21H23N3OS. The van der Waals surface area contributed by atoms with Crippen LogP contribution in [0.5, 0.6) is 5.75 Å². The number of thiazole rings is 1. The second-order valence-electron chi connectivity index (χ2n) is 6.21. The fourth-order valence-electron chi connectivity index (χ4n) is 2.80. The van der Waals surface area contributed by atoms with Crippen LogP contribution in [-0.4, -0.2) is 25.0 Å². The van der Waals surface area contributed by atoms with Crippen molar-refractivity contribution in [3.8, 4) is 17.0 Å². The molecule has 0 saturated heterocycles. The van der Waals surface area contributed by atoms with Crippen molar-refractivity contribution in [1.82, 2.24) is 4.68 Å². The Bertz CT molecular complexity index is 1010. The van der Waals surface area contributed by atoms with Gasteiger partial charge in [-0.05, 0) is 73.4 Å². The van der Waals surface area contributed by atoms with Gasteiger partial charge in [-0.15, -0.1) is 11.3 Å². The lowest BCUT2D eigenvalue weighted by Crippen LogP contribution is -2.12. The standard InChI is InChI=1S/C21H23N3OS/c1-14-10-16(3)19(11-15(14)2)20-13-26-21(22-4)24(20)23-12-17-6-8-18(25-5)9-7-17/h6-13H,1-5H3. The highest BCUT2D eigenvalue weighted by Crippen LogP contribution is 2.27. The van der Waals surface area contributed by atoms with Crippen molar-refractivity contribution in [1.29, 1.82) is 0 Å². The van der Waals surface area contributed by atoms with Crippen molar-refractivity contribution in [2.24, 2.45) is 10.1 Å². The zero-order chi connectivity index (χ0) is 18.7. The monoisotopic (exact) mass is 365 g/mol. The molecule has 1 heterocycles. The smallest absolute Gasteiger partial charge is 0.205 e. The van der Waals surface area contributed by atoms with E-state index in [1.165, 1.54) is 22.3 Å². The molecular weight excluding hydrogens is 342 g/mol. The molecule has 0 atom stereocenters. The molecule has 0 amide bonds. The maximum atomic E-state index is 5.20. The van der Waals surface area contributed by atoms with Gasteiger partial charge in [0.2, 0.25) is 4.80 Å². The Balaban J connectivity index is 2.06. The molecule has 0 saturated carbocycles. The Morgan fingerprint density at radius 1 is 1.00 bits per heavy atom. The topological polar surface area (TPSA) is 38.9 Å². The van der Waals surface area contributed by atoms with Gasteiger partial charge in [-0.1, -0.05) is 6.07 Å². The zero-order valence-electron chi connectivity index (χ0n) is 15.8. The van der Waals surface area contributed by atoms with Gasteiger partial charge in [-0.3, -0.25) is 4.99 Å². The maximum Gasteiger partial charge on any atom is 0.205 e. The lowest BCUT2D eigenvalue weighted by Gasteiger charge is -2.10. The third-order valence-electron chi connectivity index (χ3n) is 4.43. The highest BCUT2D eigenvalue weighted by Gasteiger charge is 2.11. The molecule has 26 heavy (non-hydrogen) atoms. The summed E-state index contributed by atoms with van der Waals surface area (Å²) < 4.78 is 7.11.